The number of hydrogen-bond acceptors (Lipinski definition) is 7. The van der Waals surface area contributed by atoms with Crippen molar-refractivity contribution in [3.63, 3.8) is 0 Å². The van der Waals surface area contributed by atoms with Gasteiger partial charge in [-0.2, -0.15) is 5.10 Å². The van der Waals surface area contributed by atoms with Crippen molar-refractivity contribution in [2.24, 2.45) is 10.1 Å². The minimum absolute atomic E-state index is 0.0302. The molecule has 0 N–H and O–H groups in total. The van der Waals surface area contributed by atoms with E-state index in [1.807, 2.05) is 6.92 Å². The van der Waals surface area contributed by atoms with E-state index in [2.05, 4.69) is 10.1 Å². The van der Waals surface area contributed by atoms with E-state index in [1.54, 1.807) is 24.3 Å². The topological polar surface area (TPSA) is 99.5 Å². The summed E-state index contributed by atoms with van der Waals surface area (Å²) in [4.78, 5) is 32.0. The molecule has 0 saturated carbocycles. The second-order valence-corrected chi connectivity index (χ2v) is 11.2. The lowest BCUT2D eigenvalue weighted by Gasteiger charge is -2.29. The Morgan fingerprint density at radius 1 is 1.27 bits per heavy atom. The van der Waals surface area contributed by atoms with Crippen LogP contribution < -0.4 is 4.90 Å². The van der Waals surface area contributed by atoms with Crippen LogP contribution in [-0.2, 0) is 19.4 Å². The molecule has 3 aliphatic rings. The predicted molar refractivity (Wildman–Crippen MR) is 119 cm³/mol. The third-order valence-electron chi connectivity index (χ3n) is 5.12. The standard InChI is InChI=1S/C19H21ClN4O4S2/c1-12-10-29-19(21-12)23(14-4-2-13(20)3-5-14)18(26)16-6-7-17(25)24(22-16)15-8-9-30(27,28)11-15/h2-5,12,15H,6-11H2,1H3/t12-,15+/m1/s1. The molecule has 0 spiro atoms. The van der Waals surface area contributed by atoms with Crippen LogP contribution in [0.1, 0.15) is 26.2 Å². The van der Waals surface area contributed by atoms with Crippen molar-refractivity contribution in [2.45, 2.75) is 38.3 Å². The first-order valence-electron chi connectivity index (χ1n) is 9.64. The van der Waals surface area contributed by atoms with Crippen LogP contribution in [0.3, 0.4) is 0 Å². The number of hydrazone groups is 1. The molecular formula is C19H21ClN4O4S2. The average molecular weight is 469 g/mol. The minimum Gasteiger partial charge on any atom is -0.273 e. The van der Waals surface area contributed by atoms with Gasteiger partial charge in [0.1, 0.15) is 5.71 Å². The zero-order chi connectivity index (χ0) is 21.5. The number of halogens is 1. The molecule has 2 amide bonds. The largest absolute Gasteiger partial charge is 0.280 e. The lowest BCUT2D eigenvalue weighted by atomic mass is 10.1. The second kappa shape index (κ2) is 8.32. The third-order valence-corrected chi connectivity index (χ3v) is 8.32. The van der Waals surface area contributed by atoms with E-state index in [9.17, 15) is 18.0 Å². The molecule has 1 fully saturated rings. The van der Waals surface area contributed by atoms with Gasteiger partial charge in [-0.15, -0.1) is 0 Å². The maximum absolute atomic E-state index is 13.5. The number of carbonyl (C=O) groups excluding carboxylic acids is 2. The summed E-state index contributed by atoms with van der Waals surface area (Å²) in [5, 5.41) is 6.65. The molecule has 0 unspecified atom stereocenters. The molecule has 3 heterocycles. The molecule has 30 heavy (non-hydrogen) atoms. The monoisotopic (exact) mass is 468 g/mol. The summed E-state index contributed by atoms with van der Waals surface area (Å²) in [5.74, 6) is 0.0561. The summed E-state index contributed by atoms with van der Waals surface area (Å²) in [6.07, 6.45) is 0.650. The van der Waals surface area contributed by atoms with Crippen molar-refractivity contribution < 1.29 is 18.0 Å². The fourth-order valence-electron chi connectivity index (χ4n) is 3.59. The maximum Gasteiger partial charge on any atom is 0.280 e. The van der Waals surface area contributed by atoms with Gasteiger partial charge in [-0.05, 0) is 37.6 Å². The van der Waals surface area contributed by atoms with E-state index in [-0.39, 0.29) is 47.9 Å². The summed E-state index contributed by atoms with van der Waals surface area (Å²) in [6.45, 7) is 1.98. The van der Waals surface area contributed by atoms with E-state index < -0.39 is 15.9 Å². The summed E-state index contributed by atoms with van der Waals surface area (Å²) < 4.78 is 23.7. The predicted octanol–water partition coefficient (Wildman–Crippen LogP) is 2.33. The third kappa shape index (κ3) is 4.40. The van der Waals surface area contributed by atoms with Crippen molar-refractivity contribution >= 4 is 61.6 Å². The average Bonchev–Trinajstić information content (AvgIpc) is 3.29. The van der Waals surface area contributed by atoms with E-state index in [1.165, 1.54) is 21.7 Å². The lowest BCUT2D eigenvalue weighted by molar-refractivity contribution is -0.133. The van der Waals surface area contributed by atoms with Gasteiger partial charge in [-0.1, -0.05) is 23.4 Å². The molecule has 0 bridgehead atoms. The van der Waals surface area contributed by atoms with Crippen molar-refractivity contribution in [1.29, 1.82) is 0 Å². The summed E-state index contributed by atoms with van der Waals surface area (Å²) >= 11 is 7.49. The number of anilines is 1. The number of aliphatic imine (C=N–C) groups is 1. The van der Waals surface area contributed by atoms with Crippen LogP contribution in [0.5, 0.6) is 0 Å². The summed E-state index contributed by atoms with van der Waals surface area (Å²) in [7, 11) is -3.18. The van der Waals surface area contributed by atoms with Crippen molar-refractivity contribution in [1.82, 2.24) is 5.01 Å². The molecule has 1 aromatic carbocycles. The van der Waals surface area contributed by atoms with Crippen LogP contribution in [0.4, 0.5) is 5.69 Å². The highest BCUT2D eigenvalue weighted by Crippen LogP contribution is 2.29. The molecule has 4 rings (SSSR count). The molecule has 0 radical (unpaired) electrons. The molecule has 8 nitrogen and oxygen atoms in total. The Morgan fingerprint density at radius 3 is 2.60 bits per heavy atom. The first-order chi connectivity index (χ1) is 14.2. The number of sulfone groups is 1. The van der Waals surface area contributed by atoms with Crippen LogP contribution in [0, 0.1) is 0 Å². The zero-order valence-corrected chi connectivity index (χ0v) is 18.7. The highest BCUT2D eigenvalue weighted by molar-refractivity contribution is 8.14. The van der Waals surface area contributed by atoms with Crippen LogP contribution in [0.2, 0.25) is 5.02 Å². The molecular weight excluding hydrogens is 448 g/mol. The summed E-state index contributed by atoms with van der Waals surface area (Å²) in [6, 6.07) is 6.44. The first kappa shape index (κ1) is 21.3. The number of rotatable bonds is 3. The van der Waals surface area contributed by atoms with E-state index in [4.69, 9.17) is 11.6 Å². The van der Waals surface area contributed by atoms with Gasteiger partial charge in [0.05, 0.1) is 29.3 Å². The van der Waals surface area contributed by atoms with Crippen molar-refractivity contribution in [3.8, 4) is 0 Å². The SMILES string of the molecule is C[C@@H]1CSC(N(C(=O)C2=NN([C@H]3CCS(=O)(=O)C3)C(=O)CC2)c2ccc(Cl)cc2)=N1. The minimum atomic E-state index is -3.18. The van der Waals surface area contributed by atoms with Crippen molar-refractivity contribution in [2.75, 3.05) is 22.2 Å². The number of hydrogen-bond donors (Lipinski definition) is 0. The van der Waals surface area contributed by atoms with Gasteiger partial charge in [0.2, 0.25) is 5.91 Å². The molecule has 1 aromatic rings. The number of carbonyl (C=O) groups is 2. The zero-order valence-electron chi connectivity index (χ0n) is 16.3. The highest BCUT2D eigenvalue weighted by Gasteiger charge is 2.39. The van der Waals surface area contributed by atoms with Gasteiger partial charge >= 0.3 is 0 Å². The Hall–Kier alpha value is -1.91. The van der Waals surface area contributed by atoms with Gasteiger partial charge in [-0.3, -0.25) is 19.5 Å². The molecule has 1 saturated heterocycles. The number of nitrogens with zero attached hydrogens (tertiary/aromatic N) is 4. The Bertz CT molecular complexity index is 1040. The highest BCUT2D eigenvalue weighted by atomic mass is 35.5. The number of amides is 2. The molecule has 160 valence electrons. The van der Waals surface area contributed by atoms with Gasteiger partial charge in [-0.25, -0.2) is 13.4 Å². The van der Waals surface area contributed by atoms with Crippen LogP contribution >= 0.6 is 23.4 Å². The normalized spacial score (nSPS) is 25.8. The Balaban J connectivity index is 1.66. The van der Waals surface area contributed by atoms with E-state index >= 15 is 0 Å². The number of amidine groups is 1. The molecule has 3 aliphatic heterocycles. The lowest BCUT2D eigenvalue weighted by Crippen LogP contribution is -2.46. The Labute approximate surface area is 184 Å². The molecule has 11 heteroatoms. The summed E-state index contributed by atoms with van der Waals surface area (Å²) in [5.41, 5.74) is 0.830. The van der Waals surface area contributed by atoms with E-state index in [0.29, 0.717) is 22.3 Å². The second-order valence-electron chi connectivity index (χ2n) is 7.53. The fourth-order valence-corrected chi connectivity index (χ4v) is 6.45. The van der Waals surface area contributed by atoms with E-state index in [0.717, 1.165) is 5.75 Å². The quantitative estimate of drug-likeness (QED) is 0.677. The Kier molecular flexibility index (Phi) is 5.91. The molecule has 0 aromatic heterocycles. The van der Waals surface area contributed by atoms with Gasteiger partial charge in [0.15, 0.2) is 15.0 Å². The van der Waals surface area contributed by atoms with Gasteiger partial charge in [0, 0.05) is 23.6 Å². The smallest absolute Gasteiger partial charge is 0.273 e. The molecule has 0 aliphatic carbocycles. The van der Waals surface area contributed by atoms with Crippen LogP contribution in [-0.4, -0.2) is 65.5 Å². The molecule has 2 atom stereocenters. The Morgan fingerprint density at radius 2 is 2.00 bits per heavy atom. The first-order valence-corrected chi connectivity index (χ1v) is 12.8. The number of benzene rings is 1. The van der Waals surface area contributed by atoms with Gasteiger partial charge < -0.3 is 0 Å². The van der Waals surface area contributed by atoms with Crippen LogP contribution in [0.25, 0.3) is 0 Å². The maximum atomic E-state index is 13.5. The number of thioether (sulfide) groups is 1. The van der Waals surface area contributed by atoms with Gasteiger partial charge in [0.25, 0.3) is 5.91 Å². The fraction of sp³-hybridized carbons (Fsp3) is 0.474. The van der Waals surface area contributed by atoms with Crippen LogP contribution in [0.15, 0.2) is 34.4 Å². The van der Waals surface area contributed by atoms with Crippen molar-refractivity contribution in [3.05, 3.63) is 29.3 Å².